The molecule has 1 N–H and O–H groups in total. The fourth-order valence-corrected chi connectivity index (χ4v) is 2.83. The molecule has 0 fully saturated rings. The molecule has 0 saturated carbocycles. The van der Waals surface area contributed by atoms with Crippen LogP contribution in [0, 0.1) is 13.8 Å². The van der Waals surface area contributed by atoms with Gasteiger partial charge in [-0.3, -0.25) is 14.8 Å². The molecule has 0 radical (unpaired) electrons. The molecule has 0 aliphatic carbocycles. The van der Waals surface area contributed by atoms with Gasteiger partial charge in [0.25, 0.3) is 0 Å². The first-order valence-corrected chi connectivity index (χ1v) is 8.56. The Bertz CT molecular complexity index is 1010. The Balaban J connectivity index is 1.65. The molecule has 3 aromatic rings. The van der Waals surface area contributed by atoms with Crippen molar-refractivity contribution in [2.45, 2.75) is 33.1 Å². The summed E-state index contributed by atoms with van der Waals surface area (Å²) in [5.74, 6) is -0.575. The normalized spacial score (nSPS) is 11.6. The number of nitrogens with one attached hydrogen (secondary N) is 1. The second kappa shape index (κ2) is 7.63. The van der Waals surface area contributed by atoms with E-state index in [9.17, 15) is 18.0 Å². The van der Waals surface area contributed by atoms with E-state index in [-0.39, 0.29) is 11.6 Å². The smallest absolute Gasteiger partial charge is 0.292 e. The van der Waals surface area contributed by atoms with Crippen molar-refractivity contribution in [2.24, 2.45) is 0 Å². The molecule has 1 aromatic carbocycles. The zero-order chi connectivity index (χ0) is 20.5. The zero-order valence-electron chi connectivity index (χ0n) is 15.0. The molecule has 0 bridgehead atoms. The molecular formula is C17H16ClF3N6O. The van der Waals surface area contributed by atoms with Crippen LogP contribution in [0.1, 0.15) is 22.5 Å². The van der Waals surface area contributed by atoms with Crippen molar-refractivity contribution in [1.82, 2.24) is 24.5 Å². The van der Waals surface area contributed by atoms with Crippen LogP contribution in [0.3, 0.4) is 0 Å². The number of halogens is 4. The summed E-state index contributed by atoms with van der Waals surface area (Å²) in [7, 11) is 0. The Kier molecular flexibility index (Phi) is 5.41. The molecule has 11 heteroatoms. The number of alkyl halides is 3. The minimum Gasteiger partial charge on any atom is -0.292 e. The van der Waals surface area contributed by atoms with Crippen molar-refractivity contribution < 1.29 is 18.0 Å². The molecule has 2 aromatic heterocycles. The van der Waals surface area contributed by atoms with Crippen LogP contribution in [-0.2, 0) is 24.1 Å². The predicted molar refractivity (Wildman–Crippen MR) is 95.9 cm³/mol. The second-order valence-corrected chi connectivity index (χ2v) is 6.58. The van der Waals surface area contributed by atoms with Crippen LogP contribution in [0.2, 0.25) is 5.02 Å². The molecule has 0 spiro atoms. The number of aryl methyl sites for hydroxylation is 1. The van der Waals surface area contributed by atoms with E-state index < -0.39 is 29.3 Å². The number of anilines is 1. The van der Waals surface area contributed by atoms with E-state index in [1.807, 2.05) is 31.2 Å². The number of benzene rings is 1. The highest BCUT2D eigenvalue weighted by Crippen LogP contribution is 2.35. The summed E-state index contributed by atoms with van der Waals surface area (Å²) >= 11 is 5.67. The van der Waals surface area contributed by atoms with E-state index in [1.54, 1.807) is 4.68 Å². The minimum absolute atomic E-state index is 0.0436. The van der Waals surface area contributed by atoms with Gasteiger partial charge < -0.3 is 0 Å². The molecular weight excluding hydrogens is 397 g/mol. The topological polar surface area (TPSA) is 77.6 Å². The largest absolute Gasteiger partial charge is 0.436 e. The van der Waals surface area contributed by atoms with Crippen LogP contribution in [0.4, 0.5) is 19.1 Å². The fraction of sp³-hybridized carbons (Fsp3) is 0.294. The van der Waals surface area contributed by atoms with Gasteiger partial charge in [0.1, 0.15) is 12.9 Å². The Hall–Kier alpha value is -2.88. The maximum atomic E-state index is 12.8. The summed E-state index contributed by atoms with van der Waals surface area (Å²) in [5, 5.41) is 9.43. The van der Waals surface area contributed by atoms with Crippen molar-refractivity contribution in [1.29, 1.82) is 0 Å². The van der Waals surface area contributed by atoms with Crippen molar-refractivity contribution in [3.63, 3.8) is 0 Å². The maximum absolute atomic E-state index is 12.8. The highest BCUT2D eigenvalue weighted by molar-refractivity contribution is 6.32. The van der Waals surface area contributed by atoms with Crippen molar-refractivity contribution in [3.8, 4) is 0 Å². The van der Waals surface area contributed by atoms with Gasteiger partial charge in [0, 0.05) is 0 Å². The number of hydrogen-bond donors (Lipinski definition) is 1. The summed E-state index contributed by atoms with van der Waals surface area (Å²) in [6.45, 7) is 3.35. The van der Waals surface area contributed by atoms with Gasteiger partial charge >= 0.3 is 6.18 Å². The quantitative estimate of drug-likeness (QED) is 0.696. The van der Waals surface area contributed by atoms with Crippen molar-refractivity contribution >= 4 is 23.5 Å². The Morgan fingerprint density at radius 2 is 2.00 bits per heavy atom. The first-order valence-electron chi connectivity index (χ1n) is 8.18. The molecule has 0 atom stereocenters. The third-order valence-electron chi connectivity index (χ3n) is 3.91. The van der Waals surface area contributed by atoms with E-state index in [4.69, 9.17) is 11.6 Å². The van der Waals surface area contributed by atoms with E-state index in [1.165, 1.54) is 13.3 Å². The molecule has 28 heavy (non-hydrogen) atoms. The lowest BCUT2D eigenvalue weighted by Gasteiger charge is -2.04. The van der Waals surface area contributed by atoms with Crippen molar-refractivity contribution in [2.75, 3.05) is 5.32 Å². The SMILES string of the molecule is Cc1cccc(Cn2cnc(NC(=O)Cn3nc(C(F)(F)F)c(Cl)c3C)n2)c1. The third-order valence-corrected chi connectivity index (χ3v) is 4.36. The molecule has 0 aliphatic rings. The second-order valence-electron chi connectivity index (χ2n) is 6.21. The lowest BCUT2D eigenvalue weighted by molar-refractivity contribution is -0.141. The minimum atomic E-state index is -4.69. The highest BCUT2D eigenvalue weighted by Gasteiger charge is 2.38. The van der Waals surface area contributed by atoms with Crippen LogP contribution >= 0.6 is 11.6 Å². The van der Waals surface area contributed by atoms with Crippen LogP contribution in [0.25, 0.3) is 0 Å². The first-order chi connectivity index (χ1) is 13.1. The molecule has 0 aliphatic heterocycles. The average molecular weight is 413 g/mol. The number of hydrogen-bond acceptors (Lipinski definition) is 4. The average Bonchev–Trinajstić information content (AvgIpc) is 3.13. The third kappa shape index (κ3) is 4.50. The van der Waals surface area contributed by atoms with Gasteiger partial charge in [-0.1, -0.05) is 41.4 Å². The highest BCUT2D eigenvalue weighted by atomic mass is 35.5. The van der Waals surface area contributed by atoms with Crippen molar-refractivity contribution in [3.05, 3.63) is 58.1 Å². The van der Waals surface area contributed by atoms with E-state index in [2.05, 4.69) is 20.5 Å². The van der Waals surface area contributed by atoms with E-state index >= 15 is 0 Å². The Labute approximate surface area is 163 Å². The molecule has 2 heterocycles. The van der Waals surface area contributed by atoms with E-state index in [0.717, 1.165) is 15.8 Å². The number of aromatic nitrogens is 5. The standard InChI is InChI=1S/C17H16ClF3N6O/c1-10-4-3-5-12(6-10)7-26-9-22-16(25-26)23-13(28)8-27-11(2)14(18)15(24-27)17(19,20)21/h3-6,9H,7-8H2,1-2H3,(H,23,25,28). The van der Waals surface area contributed by atoms with Gasteiger partial charge in [0.15, 0.2) is 5.69 Å². The summed E-state index contributed by atoms with van der Waals surface area (Å²) < 4.78 is 41.0. The molecule has 0 unspecified atom stereocenters. The number of carbonyl (C=O) groups excluding carboxylic acids is 1. The van der Waals surface area contributed by atoms with Gasteiger partial charge in [-0.25, -0.2) is 9.67 Å². The molecule has 148 valence electrons. The fourth-order valence-electron chi connectivity index (χ4n) is 2.59. The van der Waals surface area contributed by atoms with Gasteiger partial charge in [-0.2, -0.15) is 18.3 Å². The molecule has 0 saturated heterocycles. The summed E-state index contributed by atoms with van der Waals surface area (Å²) in [4.78, 5) is 16.1. The molecule has 1 amide bonds. The summed E-state index contributed by atoms with van der Waals surface area (Å²) in [5.41, 5.74) is 0.948. The zero-order valence-corrected chi connectivity index (χ0v) is 15.7. The lowest BCUT2D eigenvalue weighted by Crippen LogP contribution is -2.21. The Morgan fingerprint density at radius 3 is 2.64 bits per heavy atom. The maximum Gasteiger partial charge on any atom is 0.436 e. The monoisotopic (exact) mass is 412 g/mol. The van der Waals surface area contributed by atoms with Crippen LogP contribution in [0.15, 0.2) is 30.6 Å². The summed E-state index contributed by atoms with van der Waals surface area (Å²) in [6, 6.07) is 7.85. The number of carbonyl (C=O) groups is 1. The lowest BCUT2D eigenvalue weighted by atomic mass is 10.1. The number of amides is 1. The molecule has 7 nitrogen and oxygen atoms in total. The van der Waals surface area contributed by atoms with Gasteiger partial charge in [-0.15, -0.1) is 5.10 Å². The van der Waals surface area contributed by atoms with Crippen LogP contribution in [-0.4, -0.2) is 30.5 Å². The Morgan fingerprint density at radius 1 is 1.25 bits per heavy atom. The van der Waals surface area contributed by atoms with Crippen LogP contribution in [0.5, 0.6) is 0 Å². The summed E-state index contributed by atoms with van der Waals surface area (Å²) in [6.07, 6.45) is -3.24. The van der Waals surface area contributed by atoms with Gasteiger partial charge in [0.2, 0.25) is 11.9 Å². The predicted octanol–water partition coefficient (Wildman–Crippen LogP) is 3.45. The number of nitrogens with zero attached hydrogens (tertiary/aromatic N) is 5. The van der Waals surface area contributed by atoms with Gasteiger partial charge in [0.05, 0.1) is 17.3 Å². The molecule has 3 rings (SSSR count). The first kappa shape index (κ1) is 19.9. The van der Waals surface area contributed by atoms with Crippen LogP contribution < -0.4 is 5.32 Å². The van der Waals surface area contributed by atoms with Gasteiger partial charge in [-0.05, 0) is 19.4 Å². The number of rotatable bonds is 5. The van der Waals surface area contributed by atoms with E-state index in [0.29, 0.717) is 6.54 Å².